The summed E-state index contributed by atoms with van der Waals surface area (Å²) in [6.07, 6.45) is 6.79. The summed E-state index contributed by atoms with van der Waals surface area (Å²) in [4.78, 5) is 26.2. The van der Waals surface area contributed by atoms with Crippen LogP contribution in [0.4, 0.5) is 4.79 Å². The highest BCUT2D eigenvalue weighted by molar-refractivity contribution is 5.76. The molecule has 2 aliphatic rings. The molecule has 1 aliphatic carbocycles. The number of piperidine rings is 1. The Hall–Kier alpha value is -2.82. The zero-order valence-electron chi connectivity index (χ0n) is 18.2. The second-order valence-electron chi connectivity index (χ2n) is 8.94. The van der Waals surface area contributed by atoms with Crippen LogP contribution in [0, 0.1) is 5.92 Å². The third kappa shape index (κ3) is 6.84. The number of carbonyl (C=O) groups excluding carboxylic acids is 2. The molecule has 0 atom stereocenters. The number of nitrogens with zero attached hydrogens (tertiary/aromatic N) is 1. The fourth-order valence-corrected chi connectivity index (χ4v) is 4.19. The van der Waals surface area contributed by atoms with E-state index in [9.17, 15) is 9.59 Å². The Morgan fingerprint density at radius 1 is 0.839 bits per heavy atom. The molecule has 0 bridgehead atoms. The number of hydrogen-bond acceptors (Lipinski definition) is 2. The second-order valence-corrected chi connectivity index (χ2v) is 8.94. The number of amides is 3. The zero-order chi connectivity index (χ0) is 21.5. The van der Waals surface area contributed by atoms with Crippen molar-refractivity contribution in [2.75, 3.05) is 13.1 Å². The minimum Gasteiger partial charge on any atom is -0.353 e. The van der Waals surface area contributed by atoms with Crippen molar-refractivity contribution in [3.05, 3.63) is 71.3 Å². The van der Waals surface area contributed by atoms with E-state index in [-0.39, 0.29) is 11.9 Å². The normalized spacial score (nSPS) is 16.7. The zero-order valence-corrected chi connectivity index (χ0v) is 18.2. The molecule has 0 unspecified atom stereocenters. The van der Waals surface area contributed by atoms with Crippen molar-refractivity contribution in [3.8, 4) is 0 Å². The molecular weight excluding hydrogens is 386 g/mol. The van der Waals surface area contributed by atoms with E-state index in [1.807, 2.05) is 35.2 Å². The summed E-state index contributed by atoms with van der Waals surface area (Å²) >= 11 is 0. The van der Waals surface area contributed by atoms with Crippen molar-refractivity contribution < 1.29 is 9.59 Å². The Morgan fingerprint density at radius 2 is 1.52 bits per heavy atom. The fraction of sp³-hybridized carbons (Fsp3) is 0.462. The third-order valence-corrected chi connectivity index (χ3v) is 6.32. The van der Waals surface area contributed by atoms with E-state index in [1.165, 1.54) is 11.1 Å². The first-order valence-electron chi connectivity index (χ1n) is 11.6. The standard InChI is InChI=1S/C26H33N3O2/c30-25(28-24-11-12-24)13-10-20-6-8-21(9-7-20)18-22-14-16-29(17-15-22)26(31)27-19-23-4-2-1-3-5-23/h1-9,22,24H,10-19H2,(H,27,31)(H,28,30). The number of rotatable bonds is 8. The maximum absolute atomic E-state index is 12.4. The topological polar surface area (TPSA) is 61.4 Å². The van der Waals surface area contributed by atoms with Crippen LogP contribution in [0.2, 0.25) is 0 Å². The molecule has 31 heavy (non-hydrogen) atoms. The number of aryl methyl sites for hydroxylation is 1. The van der Waals surface area contributed by atoms with Gasteiger partial charge in [-0.3, -0.25) is 4.79 Å². The number of nitrogens with one attached hydrogen (secondary N) is 2. The summed E-state index contributed by atoms with van der Waals surface area (Å²) in [5.41, 5.74) is 3.69. The highest BCUT2D eigenvalue weighted by Crippen LogP contribution is 2.22. The van der Waals surface area contributed by atoms with Crippen molar-refractivity contribution in [1.29, 1.82) is 0 Å². The SMILES string of the molecule is O=C(CCc1ccc(CC2CCN(C(=O)NCc3ccccc3)CC2)cc1)NC1CC1. The van der Waals surface area contributed by atoms with Crippen LogP contribution in [-0.4, -0.2) is 36.0 Å². The summed E-state index contributed by atoms with van der Waals surface area (Å²) in [5.74, 6) is 0.791. The van der Waals surface area contributed by atoms with Gasteiger partial charge in [-0.15, -0.1) is 0 Å². The fourth-order valence-electron chi connectivity index (χ4n) is 4.19. The summed E-state index contributed by atoms with van der Waals surface area (Å²) < 4.78 is 0. The number of hydrogen-bond donors (Lipinski definition) is 2. The molecule has 1 saturated heterocycles. The minimum absolute atomic E-state index is 0.0392. The molecule has 3 amide bonds. The van der Waals surface area contributed by atoms with Crippen molar-refractivity contribution in [3.63, 3.8) is 0 Å². The minimum atomic E-state index is 0.0392. The van der Waals surface area contributed by atoms with Crippen LogP contribution in [0.3, 0.4) is 0 Å². The Labute approximate surface area is 185 Å². The number of likely N-dealkylation sites (tertiary alicyclic amines) is 1. The van der Waals surface area contributed by atoms with Gasteiger partial charge in [-0.1, -0.05) is 54.6 Å². The van der Waals surface area contributed by atoms with E-state index in [4.69, 9.17) is 0 Å². The lowest BCUT2D eigenvalue weighted by molar-refractivity contribution is -0.121. The number of benzene rings is 2. The lowest BCUT2D eigenvalue weighted by Crippen LogP contribution is -2.44. The lowest BCUT2D eigenvalue weighted by atomic mass is 9.90. The molecule has 5 heteroatoms. The van der Waals surface area contributed by atoms with Gasteiger partial charge in [-0.25, -0.2) is 4.79 Å². The summed E-state index contributed by atoms with van der Waals surface area (Å²) in [5, 5.41) is 6.08. The first kappa shape index (κ1) is 21.4. The van der Waals surface area contributed by atoms with Crippen LogP contribution in [-0.2, 0) is 24.2 Å². The van der Waals surface area contributed by atoms with Gasteiger partial charge in [-0.2, -0.15) is 0 Å². The Balaban J connectivity index is 1.15. The first-order chi connectivity index (χ1) is 15.2. The highest BCUT2D eigenvalue weighted by Gasteiger charge is 2.23. The van der Waals surface area contributed by atoms with Gasteiger partial charge in [0.05, 0.1) is 0 Å². The van der Waals surface area contributed by atoms with Gasteiger partial charge in [-0.05, 0) is 61.1 Å². The van der Waals surface area contributed by atoms with Crippen molar-refractivity contribution in [1.82, 2.24) is 15.5 Å². The van der Waals surface area contributed by atoms with E-state index in [0.29, 0.717) is 24.9 Å². The molecule has 1 aliphatic heterocycles. The molecule has 5 nitrogen and oxygen atoms in total. The molecule has 4 rings (SSSR count). The van der Waals surface area contributed by atoms with Crippen molar-refractivity contribution in [2.24, 2.45) is 5.92 Å². The van der Waals surface area contributed by atoms with E-state index in [1.54, 1.807) is 0 Å². The largest absolute Gasteiger partial charge is 0.353 e. The molecule has 1 heterocycles. The van der Waals surface area contributed by atoms with Crippen LogP contribution in [0.25, 0.3) is 0 Å². The molecule has 164 valence electrons. The predicted molar refractivity (Wildman–Crippen MR) is 123 cm³/mol. The van der Waals surface area contributed by atoms with Crippen LogP contribution in [0.5, 0.6) is 0 Å². The predicted octanol–water partition coefficient (Wildman–Crippen LogP) is 4.06. The van der Waals surface area contributed by atoms with Gasteiger partial charge in [0.25, 0.3) is 0 Å². The third-order valence-electron chi connectivity index (χ3n) is 6.32. The maximum Gasteiger partial charge on any atom is 0.317 e. The van der Waals surface area contributed by atoms with Crippen LogP contribution in [0.1, 0.15) is 48.8 Å². The number of carbonyl (C=O) groups is 2. The summed E-state index contributed by atoms with van der Waals surface area (Å²) in [6.45, 7) is 2.22. The smallest absolute Gasteiger partial charge is 0.317 e. The molecule has 0 radical (unpaired) electrons. The maximum atomic E-state index is 12.4. The van der Waals surface area contributed by atoms with Gasteiger partial charge in [0.1, 0.15) is 0 Å². The Morgan fingerprint density at radius 3 is 2.19 bits per heavy atom. The van der Waals surface area contributed by atoms with Gasteiger partial charge >= 0.3 is 6.03 Å². The van der Waals surface area contributed by atoms with E-state index < -0.39 is 0 Å². The quantitative estimate of drug-likeness (QED) is 0.678. The Kier molecular flexibility index (Phi) is 7.23. The first-order valence-corrected chi connectivity index (χ1v) is 11.6. The molecular formula is C26H33N3O2. The second kappa shape index (κ2) is 10.5. The molecule has 2 N–H and O–H groups in total. The summed E-state index contributed by atoms with van der Waals surface area (Å²) in [7, 11) is 0. The van der Waals surface area contributed by atoms with Crippen LogP contribution >= 0.6 is 0 Å². The van der Waals surface area contributed by atoms with Gasteiger partial charge < -0.3 is 15.5 Å². The van der Waals surface area contributed by atoms with Gasteiger partial charge in [0.15, 0.2) is 0 Å². The van der Waals surface area contributed by atoms with E-state index in [2.05, 4.69) is 34.9 Å². The van der Waals surface area contributed by atoms with Crippen LogP contribution < -0.4 is 10.6 Å². The van der Waals surface area contributed by atoms with Gasteiger partial charge in [0, 0.05) is 32.1 Å². The Bertz CT molecular complexity index is 854. The average Bonchev–Trinajstić information content (AvgIpc) is 3.62. The molecule has 2 aromatic rings. The summed E-state index contributed by atoms with van der Waals surface area (Å²) in [6, 6.07) is 19.2. The molecule has 1 saturated carbocycles. The van der Waals surface area contributed by atoms with Crippen LogP contribution in [0.15, 0.2) is 54.6 Å². The number of urea groups is 1. The molecule has 2 fully saturated rings. The van der Waals surface area contributed by atoms with Crippen molar-refractivity contribution >= 4 is 11.9 Å². The average molecular weight is 420 g/mol. The van der Waals surface area contributed by atoms with Gasteiger partial charge in [0.2, 0.25) is 5.91 Å². The van der Waals surface area contributed by atoms with E-state index in [0.717, 1.165) is 57.2 Å². The van der Waals surface area contributed by atoms with Crippen molar-refractivity contribution in [2.45, 2.75) is 57.5 Å². The molecule has 0 spiro atoms. The highest BCUT2D eigenvalue weighted by atomic mass is 16.2. The monoisotopic (exact) mass is 419 g/mol. The molecule has 0 aromatic heterocycles. The van der Waals surface area contributed by atoms with E-state index >= 15 is 0 Å². The lowest BCUT2D eigenvalue weighted by Gasteiger charge is -2.32. The molecule has 2 aromatic carbocycles.